The SMILES string of the molecule is NC(=O)c1ccccc1NCC(=O)N1c2ccccc2SCC1c1ccccc1. The minimum atomic E-state index is -0.526. The van der Waals surface area contributed by atoms with E-state index in [4.69, 9.17) is 5.73 Å². The highest BCUT2D eigenvalue weighted by Crippen LogP contribution is 2.43. The van der Waals surface area contributed by atoms with Gasteiger partial charge in [0.25, 0.3) is 5.91 Å². The number of carbonyl (C=O) groups excluding carboxylic acids is 2. The van der Waals surface area contributed by atoms with Crippen LogP contribution in [0, 0.1) is 0 Å². The van der Waals surface area contributed by atoms with Crippen LogP contribution in [0.5, 0.6) is 0 Å². The van der Waals surface area contributed by atoms with Gasteiger partial charge < -0.3 is 16.0 Å². The number of hydrogen-bond acceptors (Lipinski definition) is 4. The van der Waals surface area contributed by atoms with Crippen LogP contribution in [-0.4, -0.2) is 24.1 Å². The van der Waals surface area contributed by atoms with Crippen molar-refractivity contribution in [2.24, 2.45) is 5.73 Å². The third-order valence-corrected chi connectivity index (χ3v) is 6.05. The van der Waals surface area contributed by atoms with Gasteiger partial charge in [-0.1, -0.05) is 54.6 Å². The summed E-state index contributed by atoms with van der Waals surface area (Å²) < 4.78 is 0. The van der Waals surface area contributed by atoms with E-state index >= 15 is 0 Å². The van der Waals surface area contributed by atoms with Crippen LogP contribution in [0.25, 0.3) is 0 Å². The molecule has 3 N–H and O–H groups in total. The molecule has 0 aromatic heterocycles. The molecular formula is C23H21N3O2S. The van der Waals surface area contributed by atoms with Crippen LogP contribution in [0.2, 0.25) is 0 Å². The molecule has 5 nitrogen and oxygen atoms in total. The zero-order valence-corrected chi connectivity index (χ0v) is 16.6. The fourth-order valence-corrected chi connectivity index (χ4v) is 4.69. The second-order valence-corrected chi connectivity index (χ2v) is 7.79. The van der Waals surface area contributed by atoms with E-state index in [2.05, 4.69) is 17.4 Å². The van der Waals surface area contributed by atoms with E-state index in [-0.39, 0.29) is 18.5 Å². The molecule has 146 valence electrons. The van der Waals surface area contributed by atoms with Gasteiger partial charge in [-0.15, -0.1) is 11.8 Å². The van der Waals surface area contributed by atoms with Crippen molar-refractivity contribution in [3.8, 4) is 0 Å². The number of nitrogens with one attached hydrogen (secondary N) is 1. The molecule has 0 saturated heterocycles. The van der Waals surface area contributed by atoms with Crippen LogP contribution in [0.15, 0.2) is 83.8 Å². The van der Waals surface area contributed by atoms with E-state index in [1.807, 2.05) is 47.4 Å². The predicted molar refractivity (Wildman–Crippen MR) is 117 cm³/mol. The Hall–Kier alpha value is -3.25. The van der Waals surface area contributed by atoms with Gasteiger partial charge in [-0.05, 0) is 29.8 Å². The lowest BCUT2D eigenvalue weighted by Crippen LogP contribution is -2.41. The number of thioether (sulfide) groups is 1. The molecule has 1 aliphatic heterocycles. The van der Waals surface area contributed by atoms with Crippen LogP contribution in [0.4, 0.5) is 11.4 Å². The van der Waals surface area contributed by atoms with Crippen molar-refractivity contribution in [1.82, 2.24) is 0 Å². The molecule has 6 heteroatoms. The third kappa shape index (κ3) is 3.98. The topological polar surface area (TPSA) is 75.4 Å². The number of amides is 2. The lowest BCUT2D eigenvalue weighted by Gasteiger charge is -2.37. The number of hydrogen-bond donors (Lipinski definition) is 2. The van der Waals surface area contributed by atoms with Crippen LogP contribution in [0.3, 0.4) is 0 Å². The lowest BCUT2D eigenvalue weighted by atomic mass is 10.1. The monoisotopic (exact) mass is 403 g/mol. The maximum atomic E-state index is 13.3. The Morgan fingerprint density at radius 1 is 0.966 bits per heavy atom. The first-order valence-corrected chi connectivity index (χ1v) is 10.4. The summed E-state index contributed by atoms with van der Waals surface area (Å²) in [6, 6.07) is 24.9. The Balaban J connectivity index is 1.63. The molecule has 0 spiro atoms. The Bertz CT molecular complexity index is 1040. The zero-order chi connectivity index (χ0) is 20.2. The van der Waals surface area contributed by atoms with Crippen molar-refractivity contribution in [1.29, 1.82) is 0 Å². The quantitative estimate of drug-likeness (QED) is 0.673. The van der Waals surface area contributed by atoms with Gasteiger partial charge in [0, 0.05) is 16.3 Å². The highest BCUT2D eigenvalue weighted by molar-refractivity contribution is 7.99. The van der Waals surface area contributed by atoms with Crippen molar-refractivity contribution < 1.29 is 9.59 Å². The van der Waals surface area contributed by atoms with Gasteiger partial charge in [0.1, 0.15) is 0 Å². The van der Waals surface area contributed by atoms with E-state index in [0.717, 1.165) is 21.9 Å². The van der Waals surface area contributed by atoms with Gasteiger partial charge in [0.15, 0.2) is 0 Å². The van der Waals surface area contributed by atoms with Gasteiger partial charge in [0.2, 0.25) is 5.91 Å². The van der Waals surface area contributed by atoms with Gasteiger partial charge in [-0.3, -0.25) is 9.59 Å². The maximum Gasteiger partial charge on any atom is 0.250 e. The largest absolute Gasteiger partial charge is 0.375 e. The summed E-state index contributed by atoms with van der Waals surface area (Å²) in [6.45, 7) is 0.0621. The van der Waals surface area contributed by atoms with Crippen molar-refractivity contribution in [3.63, 3.8) is 0 Å². The molecule has 0 bridgehead atoms. The molecular weight excluding hydrogens is 382 g/mol. The molecule has 4 rings (SSSR count). The summed E-state index contributed by atoms with van der Waals surface area (Å²) in [7, 11) is 0. The molecule has 1 atom stereocenters. The summed E-state index contributed by atoms with van der Waals surface area (Å²) >= 11 is 1.76. The van der Waals surface area contributed by atoms with E-state index in [1.165, 1.54) is 0 Å². The van der Waals surface area contributed by atoms with Gasteiger partial charge in [-0.2, -0.15) is 0 Å². The Kier molecular flexibility index (Phi) is 5.53. The van der Waals surface area contributed by atoms with Gasteiger partial charge in [0.05, 0.1) is 23.8 Å². The normalized spacial score (nSPS) is 15.4. The number of anilines is 2. The molecule has 3 aromatic carbocycles. The van der Waals surface area contributed by atoms with Crippen molar-refractivity contribution in [2.75, 3.05) is 22.5 Å². The zero-order valence-electron chi connectivity index (χ0n) is 15.7. The predicted octanol–water partition coefficient (Wildman–Crippen LogP) is 4.08. The molecule has 0 fully saturated rings. The van der Waals surface area contributed by atoms with E-state index in [1.54, 1.807) is 36.0 Å². The van der Waals surface area contributed by atoms with Crippen molar-refractivity contribution >= 4 is 35.0 Å². The number of fused-ring (bicyclic) bond motifs is 1. The highest BCUT2D eigenvalue weighted by atomic mass is 32.2. The van der Waals surface area contributed by atoms with Gasteiger partial charge >= 0.3 is 0 Å². The van der Waals surface area contributed by atoms with Crippen LogP contribution >= 0.6 is 11.8 Å². The first kappa shape index (κ1) is 19.1. The summed E-state index contributed by atoms with van der Waals surface area (Å²) in [5.41, 5.74) is 8.38. The fourth-order valence-electron chi connectivity index (χ4n) is 3.53. The fraction of sp³-hybridized carbons (Fsp3) is 0.130. The minimum absolute atomic E-state index is 0.0585. The van der Waals surface area contributed by atoms with Crippen LogP contribution < -0.4 is 16.0 Å². The standard InChI is InChI=1S/C23H21N3O2S/c24-23(28)17-10-4-5-11-18(17)25-14-22(27)26-19-12-6-7-13-21(19)29-15-20(26)16-8-2-1-3-9-16/h1-13,20,25H,14-15H2,(H2,24,28). The number of nitrogens with zero attached hydrogens (tertiary/aromatic N) is 1. The first-order valence-electron chi connectivity index (χ1n) is 9.36. The maximum absolute atomic E-state index is 13.3. The third-order valence-electron chi connectivity index (χ3n) is 4.91. The molecule has 29 heavy (non-hydrogen) atoms. The summed E-state index contributed by atoms with van der Waals surface area (Å²) in [6.07, 6.45) is 0. The second kappa shape index (κ2) is 8.41. The molecule has 0 radical (unpaired) electrons. The molecule has 1 heterocycles. The number of primary amides is 1. The van der Waals surface area contributed by atoms with Gasteiger partial charge in [-0.25, -0.2) is 0 Å². The Morgan fingerprint density at radius 3 is 2.45 bits per heavy atom. The minimum Gasteiger partial charge on any atom is -0.375 e. The molecule has 0 saturated carbocycles. The van der Waals surface area contributed by atoms with E-state index < -0.39 is 5.91 Å². The van der Waals surface area contributed by atoms with E-state index in [9.17, 15) is 9.59 Å². The Labute approximate surface area is 173 Å². The number of nitrogens with two attached hydrogens (primary N) is 1. The number of benzene rings is 3. The second-order valence-electron chi connectivity index (χ2n) is 6.73. The molecule has 3 aromatic rings. The summed E-state index contributed by atoms with van der Waals surface area (Å²) in [5.74, 6) is 0.193. The Morgan fingerprint density at radius 2 is 1.66 bits per heavy atom. The molecule has 0 aliphatic carbocycles. The molecule has 2 amide bonds. The van der Waals surface area contributed by atoms with E-state index in [0.29, 0.717) is 11.3 Å². The van der Waals surface area contributed by atoms with Crippen molar-refractivity contribution in [2.45, 2.75) is 10.9 Å². The lowest BCUT2D eigenvalue weighted by molar-refractivity contribution is -0.117. The van der Waals surface area contributed by atoms with Crippen molar-refractivity contribution in [3.05, 3.63) is 90.0 Å². The highest BCUT2D eigenvalue weighted by Gasteiger charge is 2.32. The molecule has 1 aliphatic rings. The first-order chi connectivity index (χ1) is 14.1. The summed E-state index contributed by atoms with van der Waals surface area (Å²) in [4.78, 5) is 27.9. The van der Waals surface area contributed by atoms with Crippen LogP contribution in [-0.2, 0) is 4.79 Å². The van der Waals surface area contributed by atoms with Crippen LogP contribution in [0.1, 0.15) is 22.0 Å². The number of rotatable bonds is 5. The summed E-state index contributed by atoms with van der Waals surface area (Å²) in [5, 5.41) is 3.10. The number of para-hydroxylation sites is 2. The number of carbonyl (C=O) groups is 2. The smallest absolute Gasteiger partial charge is 0.250 e. The molecule has 1 unspecified atom stereocenters. The average Bonchev–Trinajstić information content (AvgIpc) is 2.77. The average molecular weight is 404 g/mol.